The van der Waals surface area contributed by atoms with Gasteiger partial charge in [-0.2, -0.15) is 14.7 Å². The minimum Gasteiger partial charge on any atom is -0.469 e. The van der Waals surface area contributed by atoms with Crippen molar-refractivity contribution >= 4 is 34.4 Å². The van der Waals surface area contributed by atoms with E-state index in [2.05, 4.69) is 20.4 Å². The molecule has 0 saturated heterocycles. The standard InChI is InChI=1S/C22H16ClFN6O2/c1-12-19(13-3-5-14(23)6-4-13)21-26-25-20-17(11-18(31)32-2)28-29(22(20)30(21)27-12)16-9-7-15(24)8-10-16/h3-10H,11H2,1-2H3. The fourth-order valence-corrected chi connectivity index (χ4v) is 3.76. The van der Waals surface area contributed by atoms with Crippen molar-refractivity contribution < 1.29 is 13.9 Å². The van der Waals surface area contributed by atoms with Crippen LogP contribution in [-0.4, -0.2) is 42.7 Å². The highest BCUT2D eigenvalue weighted by atomic mass is 35.5. The van der Waals surface area contributed by atoms with Crippen molar-refractivity contribution in [3.8, 4) is 16.8 Å². The van der Waals surface area contributed by atoms with Gasteiger partial charge in [-0.1, -0.05) is 23.7 Å². The maximum atomic E-state index is 13.5. The number of halogens is 2. The van der Waals surface area contributed by atoms with Crippen molar-refractivity contribution in [2.45, 2.75) is 13.3 Å². The number of ether oxygens (including phenoxy) is 1. The molecule has 0 saturated carbocycles. The highest BCUT2D eigenvalue weighted by Gasteiger charge is 2.23. The van der Waals surface area contributed by atoms with E-state index in [1.54, 1.807) is 33.5 Å². The Morgan fingerprint density at radius 1 is 1.06 bits per heavy atom. The first-order chi connectivity index (χ1) is 15.5. The fourth-order valence-electron chi connectivity index (χ4n) is 3.63. The van der Waals surface area contributed by atoms with Crippen LogP contribution in [-0.2, 0) is 16.0 Å². The number of rotatable bonds is 4. The van der Waals surface area contributed by atoms with Gasteiger partial charge in [0.2, 0.25) is 0 Å². The third kappa shape index (κ3) is 3.27. The molecule has 2 aromatic carbocycles. The number of aryl methyl sites for hydroxylation is 1. The van der Waals surface area contributed by atoms with E-state index in [1.807, 2.05) is 19.1 Å². The van der Waals surface area contributed by atoms with E-state index in [-0.39, 0.29) is 12.2 Å². The van der Waals surface area contributed by atoms with Gasteiger partial charge in [-0.3, -0.25) is 4.79 Å². The molecule has 160 valence electrons. The summed E-state index contributed by atoms with van der Waals surface area (Å²) < 4.78 is 21.5. The highest BCUT2D eigenvalue weighted by Crippen LogP contribution is 2.30. The zero-order chi connectivity index (χ0) is 22.4. The van der Waals surface area contributed by atoms with Gasteiger partial charge < -0.3 is 4.74 Å². The molecule has 3 aromatic heterocycles. The smallest absolute Gasteiger partial charge is 0.311 e. The van der Waals surface area contributed by atoms with Crippen LogP contribution in [0.3, 0.4) is 0 Å². The van der Waals surface area contributed by atoms with Crippen molar-refractivity contribution in [2.75, 3.05) is 7.11 Å². The second-order valence-corrected chi connectivity index (χ2v) is 7.60. The number of hydrogen-bond acceptors (Lipinski definition) is 6. The number of benzene rings is 2. The van der Waals surface area contributed by atoms with E-state index in [0.29, 0.717) is 33.2 Å². The predicted molar refractivity (Wildman–Crippen MR) is 116 cm³/mol. The first kappa shape index (κ1) is 20.1. The molecular formula is C22H16ClFN6O2. The molecule has 0 amide bonds. The zero-order valence-corrected chi connectivity index (χ0v) is 17.8. The summed E-state index contributed by atoms with van der Waals surface area (Å²) in [5.41, 5.74) is 4.81. The molecule has 0 atom stereocenters. The van der Waals surface area contributed by atoms with E-state index < -0.39 is 5.97 Å². The van der Waals surface area contributed by atoms with Gasteiger partial charge in [-0.25, -0.2) is 9.07 Å². The molecule has 3 heterocycles. The van der Waals surface area contributed by atoms with Crippen LogP contribution < -0.4 is 0 Å². The van der Waals surface area contributed by atoms with Crippen LogP contribution in [0.2, 0.25) is 5.02 Å². The minimum absolute atomic E-state index is 0.0916. The van der Waals surface area contributed by atoms with Crippen LogP contribution in [0.4, 0.5) is 4.39 Å². The lowest BCUT2D eigenvalue weighted by Gasteiger charge is -2.04. The predicted octanol–water partition coefficient (Wildman–Crippen LogP) is 3.95. The molecule has 10 heteroatoms. The Hall–Kier alpha value is -3.85. The van der Waals surface area contributed by atoms with Crippen molar-refractivity contribution in [1.82, 2.24) is 29.6 Å². The molecule has 0 N–H and O–H groups in total. The summed E-state index contributed by atoms with van der Waals surface area (Å²) in [4.78, 5) is 11.9. The Balaban J connectivity index is 1.81. The molecule has 0 bridgehead atoms. The highest BCUT2D eigenvalue weighted by molar-refractivity contribution is 6.30. The lowest BCUT2D eigenvalue weighted by molar-refractivity contribution is -0.139. The summed E-state index contributed by atoms with van der Waals surface area (Å²) in [5.74, 6) is -0.832. The summed E-state index contributed by atoms with van der Waals surface area (Å²) in [6.07, 6.45) is -0.0916. The van der Waals surface area contributed by atoms with Gasteiger partial charge in [0, 0.05) is 5.02 Å². The van der Waals surface area contributed by atoms with Gasteiger partial charge in [0.05, 0.1) is 30.5 Å². The molecule has 0 unspecified atom stereocenters. The minimum atomic E-state index is -0.462. The molecule has 0 radical (unpaired) electrons. The number of fused-ring (bicyclic) bond motifs is 3. The lowest BCUT2D eigenvalue weighted by Crippen LogP contribution is -2.06. The molecule has 5 aromatic rings. The Bertz CT molecular complexity index is 1480. The summed E-state index contributed by atoms with van der Waals surface area (Å²) in [6.45, 7) is 1.87. The van der Waals surface area contributed by atoms with Crippen molar-refractivity contribution in [3.05, 3.63) is 70.8 Å². The summed E-state index contributed by atoms with van der Waals surface area (Å²) in [5, 5.41) is 18.6. The Morgan fingerprint density at radius 2 is 1.78 bits per heavy atom. The quantitative estimate of drug-likeness (QED) is 0.385. The van der Waals surface area contributed by atoms with Crippen molar-refractivity contribution in [3.63, 3.8) is 0 Å². The molecular weight excluding hydrogens is 435 g/mol. The van der Waals surface area contributed by atoms with Gasteiger partial charge in [-0.15, -0.1) is 10.2 Å². The van der Waals surface area contributed by atoms with Crippen LogP contribution in [0.25, 0.3) is 33.6 Å². The van der Waals surface area contributed by atoms with Crippen LogP contribution >= 0.6 is 11.6 Å². The van der Waals surface area contributed by atoms with E-state index in [9.17, 15) is 9.18 Å². The zero-order valence-electron chi connectivity index (χ0n) is 17.1. The molecule has 0 aliphatic rings. The number of nitrogens with zero attached hydrogens (tertiary/aromatic N) is 6. The third-order valence-electron chi connectivity index (χ3n) is 5.13. The Labute approximate surface area is 186 Å². The molecule has 0 aliphatic carbocycles. The van der Waals surface area contributed by atoms with Gasteiger partial charge in [-0.05, 0) is 48.9 Å². The first-order valence-electron chi connectivity index (χ1n) is 9.68. The summed E-state index contributed by atoms with van der Waals surface area (Å²) in [6, 6.07) is 13.2. The number of esters is 1. The number of aromatic nitrogens is 6. The summed E-state index contributed by atoms with van der Waals surface area (Å²) in [7, 11) is 1.31. The van der Waals surface area contributed by atoms with Crippen LogP contribution in [0.15, 0.2) is 48.5 Å². The molecule has 0 spiro atoms. The van der Waals surface area contributed by atoms with Crippen LogP contribution in [0.1, 0.15) is 11.4 Å². The monoisotopic (exact) mass is 450 g/mol. The van der Waals surface area contributed by atoms with E-state index in [4.69, 9.17) is 16.3 Å². The number of carbonyl (C=O) groups excluding carboxylic acids is 1. The second-order valence-electron chi connectivity index (χ2n) is 7.16. The largest absolute Gasteiger partial charge is 0.469 e. The third-order valence-corrected chi connectivity index (χ3v) is 5.38. The Morgan fingerprint density at radius 3 is 2.47 bits per heavy atom. The average Bonchev–Trinajstić information content (AvgIpc) is 3.32. The maximum Gasteiger partial charge on any atom is 0.311 e. The molecule has 0 aliphatic heterocycles. The van der Waals surface area contributed by atoms with E-state index in [1.165, 1.54) is 19.2 Å². The SMILES string of the molecule is COC(=O)Cc1nn(-c2ccc(F)cc2)c2c1nnc1c(-c3ccc(Cl)cc3)c(C)nn12. The normalized spacial score (nSPS) is 11.4. The molecule has 5 rings (SSSR count). The van der Waals surface area contributed by atoms with E-state index >= 15 is 0 Å². The van der Waals surface area contributed by atoms with Crippen molar-refractivity contribution in [1.29, 1.82) is 0 Å². The Kier molecular flexibility index (Phi) is 4.82. The second kappa shape index (κ2) is 7.69. The topological polar surface area (TPSA) is 87.2 Å². The van der Waals surface area contributed by atoms with Crippen LogP contribution in [0, 0.1) is 12.7 Å². The number of carbonyl (C=O) groups is 1. The number of methoxy groups -OCH3 is 1. The lowest BCUT2D eigenvalue weighted by atomic mass is 10.1. The van der Waals surface area contributed by atoms with Gasteiger partial charge in [0.25, 0.3) is 0 Å². The van der Waals surface area contributed by atoms with Crippen molar-refractivity contribution in [2.24, 2.45) is 0 Å². The first-order valence-corrected chi connectivity index (χ1v) is 10.1. The van der Waals surface area contributed by atoms with Gasteiger partial charge >= 0.3 is 5.97 Å². The van der Waals surface area contributed by atoms with Crippen LogP contribution in [0.5, 0.6) is 0 Å². The van der Waals surface area contributed by atoms with E-state index in [0.717, 1.165) is 16.8 Å². The maximum absolute atomic E-state index is 13.5. The molecule has 0 fully saturated rings. The summed E-state index contributed by atoms with van der Waals surface area (Å²) >= 11 is 6.04. The molecule has 32 heavy (non-hydrogen) atoms. The number of hydrogen-bond donors (Lipinski definition) is 0. The average molecular weight is 451 g/mol. The van der Waals surface area contributed by atoms with Gasteiger partial charge in [0.1, 0.15) is 11.5 Å². The van der Waals surface area contributed by atoms with Gasteiger partial charge in [0.15, 0.2) is 16.8 Å². The fraction of sp³-hybridized carbons (Fsp3) is 0.136. The molecule has 8 nitrogen and oxygen atoms in total.